The molecule has 18 heavy (non-hydrogen) atoms. The molecule has 2 aromatic rings. The van der Waals surface area contributed by atoms with Crippen LogP contribution in [0.1, 0.15) is 27.3 Å². The molecule has 0 saturated carbocycles. The molecular formula is C13H15N3O2. The number of aromatic nitrogens is 3. The number of ether oxygens (including phenoxy) is 1. The van der Waals surface area contributed by atoms with Gasteiger partial charge in [-0.3, -0.25) is 4.79 Å². The third-order valence-corrected chi connectivity index (χ3v) is 2.84. The predicted molar refractivity (Wildman–Crippen MR) is 66.4 cm³/mol. The van der Waals surface area contributed by atoms with Gasteiger partial charge < -0.3 is 4.74 Å². The summed E-state index contributed by atoms with van der Waals surface area (Å²) >= 11 is 0. The molecule has 0 aliphatic heterocycles. The number of hydrogen-bond donors (Lipinski definition) is 0. The van der Waals surface area contributed by atoms with Crippen LogP contribution in [0.5, 0.6) is 0 Å². The number of methoxy groups -OCH3 is 1. The highest BCUT2D eigenvalue weighted by molar-refractivity contribution is 5.73. The van der Waals surface area contributed by atoms with E-state index >= 15 is 0 Å². The van der Waals surface area contributed by atoms with E-state index in [-0.39, 0.29) is 0 Å². The number of carbonyl (C=O) groups is 1. The average Bonchev–Trinajstić information content (AvgIpc) is 2.75. The molecule has 0 unspecified atom stereocenters. The molecule has 0 aliphatic rings. The second kappa shape index (κ2) is 5.55. The second-order valence-corrected chi connectivity index (χ2v) is 4.06. The minimum absolute atomic E-state index is 0.326. The van der Waals surface area contributed by atoms with Crippen LogP contribution in [0.2, 0.25) is 0 Å². The van der Waals surface area contributed by atoms with Crippen LogP contribution in [0, 0.1) is 6.92 Å². The highest BCUT2D eigenvalue weighted by atomic mass is 16.5. The van der Waals surface area contributed by atoms with Gasteiger partial charge in [-0.1, -0.05) is 29.5 Å². The SMILES string of the molecule is COCc1c(C=O)nnn1Cc1ccccc1C. The van der Waals surface area contributed by atoms with E-state index < -0.39 is 0 Å². The molecule has 0 bridgehead atoms. The summed E-state index contributed by atoms with van der Waals surface area (Å²) < 4.78 is 6.78. The van der Waals surface area contributed by atoms with Crippen LogP contribution < -0.4 is 0 Å². The number of carbonyl (C=O) groups excluding carboxylic acids is 1. The summed E-state index contributed by atoms with van der Waals surface area (Å²) in [6.45, 7) is 2.96. The van der Waals surface area contributed by atoms with Crippen molar-refractivity contribution in [3.05, 3.63) is 46.8 Å². The Morgan fingerprint density at radius 3 is 2.83 bits per heavy atom. The summed E-state index contributed by atoms with van der Waals surface area (Å²) in [4.78, 5) is 10.9. The highest BCUT2D eigenvalue weighted by Gasteiger charge is 2.12. The highest BCUT2D eigenvalue weighted by Crippen LogP contribution is 2.12. The van der Waals surface area contributed by atoms with Crippen LogP contribution in [-0.4, -0.2) is 28.4 Å². The van der Waals surface area contributed by atoms with E-state index in [1.54, 1.807) is 11.8 Å². The Labute approximate surface area is 105 Å². The monoisotopic (exact) mass is 245 g/mol. The third-order valence-electron chi connectivity index (χ3n) is 2.84. The van der Waals surface area contributed by atoms with Crippen molar-refractivity contribution in [3.8, 4) is 0 Å². The lowest BCUT2D eigenvalue weighted by Gasteiger charge is -2.08. The van der Waals surface area contributed by atoms with Gasteiger partial charge in [-0.25, -0.2) is 4.68 Å². The van der Waals surface area contributed by atoms with Crippen LogP contribution in [0.4, 0.5) is 0 Å². The Hall–Kier alpha value is -2.01. The summed E-state index contributed by atoms with van der Waals surface area (Å²) in [5.74, 6) is 0. The van der Waals surface area contributed by atoms with E-state index in [4.69, 9.17) is 4.74 Å². The smallest absolute Gasteiger partial charge is 0.172 e. The standard InChI is InChI=1S/C13H15N3O2/c1-10-5-3-4-6-11(10)7-16-13(9-18-2)12(8-17)14-15-16/h3-6,8H,7,9H2,1-2H3. The largest absolute Gasteiger partial charge is 0.378 e. The first-order chi connectivity index (χ1) is 8.76. The van der Waals surface area contributed by atoms with Gasteiger partial charge in [-0.15, -0.1) is 5.10 Å². The molecule has 5 nitrogen and oxygen atoms in total. The minimum Gasteiger partial charge on any atom is -0.378 e. The average molecular weight is 245 g/mol. The van der Waals surface area contributed by atoms with Gasteiger partial charge >= 0.3 is 0 Å². The van der Waals surface area contributed by atoms with E-state index in [1.165, 1.54) is 5.56 Å². The van der Waals surface area contributed by atoms with Gasteiger partial charge in [0.1, 0.15) is 0 Å². The van der Waals surface area contributed by atoms with Crippen molar-refractivity contribution >= 4 is 6.29 Å². The number of aldehydes is 1. The molecule has 0 N–H and O–H groups in total. The lowest BCUT2D eigenvalue weighted by Crippen LogP contribution is -2.09. The Balaban J connectivity index is 2.31. The zero-order valence-corrected chi connectivity index (χ0v) is 10.5. The molecule has 0 atom stereocenters. The maximum Gasteiger partial charge on any atom is 0.172 e. The molecule has 1 aromatic heterocycles. The Morgan fingerprint density at radius 1 is 1.39 bits per heavy atom. The fourth-order valence-electron chi connectivity index (χ4n) is 1.80. The first-order valence-corrected chi connectivity index (χ1v) is 5.67. The van der Waals surface area contributed by atoms with Crippen LogP contribution in [0.3, 0.4) is 0 Å². The van der Waals surface area contributed by atoms with Crippen LogP contribution in [0.15, 0.2) is 24.3 Å². The van der Waals surface area contributed by atoms with Crippen molar-refractivity contribution in [1.29, 1.82) is 0 Å². The molecule has 2 rings (SSSR count). The molecular weight excluding hydrogens is 230 g/mol. The van der Waals surface area contributed by atoms with Crippen molar-refractivity contribution in [1.82, 2.24) is 15.0 Å². The normalized spacial score (nSPS) is 10.6. The number of aryl methyl sites for hydroxylation is 1. The van der Waals surface area contributed by atoms with E-state index in [0.29, 0.717) is 30.8 Å². The molecule has 94 valence electrons. The maximum absolute atomic E-state index is 10.9. The van der Waals surface area contributed by atoms with Gasteiger partial charge in [-0.2, -0.15) is 0 Å². The Kier molecular flexibility index (Phi) is 3.84. The topological polar surface area (TPSA) is 57.0 Å². The van der Waals surface area contributed by atoms with Crippen molar-refractivity contribution in [2.24, 2.45) is 0 Å². The van der Waals surface area contributed by atoms with E-state index in [9.17, 15) is 4.79 Å². The molecule has 1 aromatic carbocycles. The molecule has 5 heteroatoms. The minimum atomic E-state index is 0.326. The van der Waals surface area contributed by atoms with Gasteiger partial charge in [0, 0.05) is 7.11 Å². The lowest BCUT2D eigenvalue weighted by molar-refractivity contribution is 0.111. The Morgan fingerprint density at radius 2 is 2.17 bits per heavy atom. The number of rotatable bonds is 5. The fourth-order valence-corrected chi connectivity index (χ4v) is 1.80. The molecule has 0 saturated heterocycles. The van der Waals surface area contributed by atoms with Crippen molar-refractivity contribution in [2.75, 3.05) is 7.11 Å². The zero-order chi connectivity index (χ0) is 13.0. The van der Waals surface area contributed by atoms with E-state index in [1.807, 2.05) is 31.2 Å². The summed E-state index contributed by atoms with van der Waals surface area (Å²) in [7, 11) is 1.58. The van der Waals surface area contributed by atoms with E-state index in [0.717, 1.165) is 5.56 Å². The molecule has 0 amide bonds. The van der Waals surface area contributed by atoms with Gasteiger partial charge in [0.05, 0.1) is 18.8 Å². The molecule has 0 aliphatic carbocycles. The van der Waals surface area contributed by atoms with Gasteiger partial charge in [0.15, 0.2) is 12.0 Å². The quantitative estimate of drug-likeness (QED) is 0.751. The van der Waals surface area contributed by atoms with Gasteiger partial charge in [-0.05, 0) is 18.1 Å². The van der Waals surface area contributed by atoms with Crippen LogP contribution in [0.25, 0.3) is 0 Å². The number of benzene rings is 1. The number of hydrogen-bond acceptors (Lipinski definition) is 4. The van der Waals surface area contributed by atoms with Gasteiger partial charge in [0.2, 0.25) is 0 Å². The zero-order valence-electron chi connectivity index (χ0n) is 10.5. The first-order valence-electron chi connectivity index (χ1n) is 5.67. The first kappa shape index (κ1) is 12.4. The van der Waals surface area contributed by atoms with Crippen LogP contribution >= 0.6 is 0 Å². The summed E-state index contributed by atoms with van der Waals surface area (Å²) in [6, 6.07) is 8.06. The molecule has 0 radical (unpaired) electrons. The lowest BCUT2D eigenvalue weighted by atomic mass is 10.1. The molecule has 1 heterocycles. The van der Waals surface area contributed by atoms with E-state index in [2.05, 4.69) is 10.3 Å². The van der Waals surface area contributed by atoms with Gasteiger partial charge in [0.25, 0.3) is 0 Å². The third kappa shape index (κ3) is 2.46. The number of nitrogens with zero attached hydrogens (tertiary/aromatic N) is 3. The molecule has 0 spiro atoms. The van der Waals surface area contributed by atoms with Crippen molar-refractivity contribution in [2.45, 2.75) is 20.1 Å². The van der Waals surface area contributed by atoms with Crippen LogP contribution in [-0.2, 0) is 17.9 Å². The summed E-state index contributed by atoms with van der Waals surface area (Å²) in [6.07, 6.45) is 0.704. The van der Waals surface area contributed by atoms with Crippen molar-refractivity contribution in [3.63, 3.8) is 0 Å². The maximum atomic E-state index is 10.9. The Bertz CT molecular complexity index is 549. The predicted octanol–water partition coefficient (Wildman–Crippen LogP) is 1.59. The summed E-state index contributed by atoms with van der Waals surface area (Å²) in [5, 5.41) is 7.84. The molecule has 0 fully saturated rings. The summed E-state index contributed by atoms with van der Waals surface area (Å²) in [5.41, 5.74) is 3.38. The second-order valence-electron chi connectivity index (χ2n) is 4.06. The fraction of sp³-hybridized carbons (Fsp3) is 0.308. The van der Waals surface area contributed by atoms with Crippen molar-refractivity contribution < 1.29 is 9.53 Å².